The number of aliphatic carboxylic acids is 1. The summed E-state index contributed by atoms with van der Waals surface area (Å²) in [6.45, 7) is 3.96. The summed E-state index contributed by atoms with van der Waals surface area (Å²) >= 11 is 0. The molecule has 2 N–H and O–H groups in total. The smallest absolute Gasteiger partial charge is 0.308 e. The molecular formula is C19H22N2O3. The molecule has 0 saturated carbocycles. The molecular weight excluding hydrogens is 304 g/mol. The number of aryl methyl sites for hydroxylation is 2. The number of carbonyl (C=O) groups is 2. The number of aromatic nitrogens is 1. The first-order chi connectivity index (χ1) is 11.4. The highest BCUT2D eigenvalue weighted by Gasteiger charge is 2.19. The van der Waals surface area contributed by atoms with Gasteiger partial charge in [0.25, 0.3) is 0 Å². The van der Waals surface area contributed by atoms with Crippen LogP contribution in [0.15, 0.2) is 42.6 Å². The molecule has 0 fully saturated rings. The van der Waals surface area contributed by atoms with E-state index in [0.29, 0.717) is 6.42 Å². The van der Waals surface area contributed by atoms with Crippen molar-refractivity contribution in [1.29, 1.82) is 0 Å². The molecule has 1 atom stereocenters. The summed E-state index contributed by atoms with van der Waals surface area (Å²) in [5.41, 5.74) is 3.75. The third kappa shape index (κ3) is 5.50. The van der Waals surface area contributed by atoms with Gasteiger partial charge in [-0.05, 0) is 37.5 Å². The van der Waals surface area contributed by atoms with Crippen molar-refractivity contribution in [3.8, 4) is 0 Å². The van der Waals surface area contributed by atoms with Crippen molar-refractivity contribution in [1.82, 2.24) is 10.3 Å². The van der Waals surface area contributed by atoms with E-state index in [1.807, 2.05) is 50.2 Å². The molecule has 126 valence electrons. The van der Waals surface area contributed by atoms with Gasteiger partial charge in [-0.3, -0.25) is 14.6 Å². The van der Waals surface area contributed by atoms with Crippen LogP contribution in [-0.4, -0.2) is 28.5 Å². The van der Waals surface area contributed by atoms with Crippen molar-refractivity contribution in [2.45, 2.75) is 26.7 Å². The Morgan fingerprint density at radius 2 is 1.96 bits per heavy atom. The standard InChI is InChI=1S/C19H22N2O3/c1-13-4-3-5-15(8-13)9-17(19(23)24)12-21-18(22)10-16-7-6-14(2)20-11-16/h3-8,11,17H,9-10,12H2,1-2H3,(H,21,22)(H,23,24)/t17-/m0/s1. The number of nitrogens with zero attached hydrogens (tertiary/aromatic N) is 1. The zero-order valence-electron chi connectivity index (χ0n) is 14.0. The van der Waals surface area contributed by atoms with Crippen molar-refractivity contribution in [2.75, 3.05) is 6.54 Å². The molecule has 0 unspecified atom stereocenters. The molecule has 1 heterocycles. The Morgan fingerprint density at radius 1 is 1.17 bits per heavy atom. The van der Waals surface area contributed by atoms with Gasteiger partial charge in [-0.2, -0.15) is 0 Å². The molecule has 0 bridgehead atoms. The summed E-state index contributed by atoms with van der Waals surface area (Å²) < 4.78 is 0. The average Bonchev–Trinajstić information content (AvgIpc) is 2.53. The lowest BCUT2D eigenvalue weighted by molar-refractivity contribution is -0.141. The topological polar surface area (TPSA) is 79.3 Å². The number of nitrogens with one attached hydrogen (secondary N) is 1. The van der Waals surface area contributed by atoms with E-state index in [-0.39, 0.29) is 18.9 Å². The lowest BCUT2D eigenvalue weighted by atomic mass is 9.98. The Morgan fingerprint density at radius 3 is 2.58 bits per heavy atom. The van der Waals surface area contributed by atoms with Gasteiger partial charge in [0.1, 0.15) is 0 Å². The lowest BCUT2D eigenvalue weighted by Crippen LogP contribution is -2.34. The molecule has 2 rings (SSSR count). The Hall–Kier alpha value is -2.69. The van der Waals surface area contributed by atoms with E-state index in [1.165, 1.54) is 0 Å². The summed E-state index contributed by atoms with van der Waals surface area (Å²) in [4.78, 5) is 27.6. The molecule has 0 spiro atoms. The molecule has 0 aliphatic heterocycles. The molecule has 1 amide bonds. The maximum atomic E-state index is 12.0. The number of hydrogen-bond acceptors (Lipinski definition) is 3. The van der Waals surface area contributed by atoms with Crippen LogP contribution < -0.4 is 5.32 Å². The molecule has 0 saturated heterocycles. The highest BCUT2D eigenvalue weighted by Crippen LogP contribution is 2.11. The fourth-order valence-corrected chi connectivity index (χ4v) is 2.46. The second-order valence-electron chi connectivity index (χ2n) is 6.02. The van der Waals surface area contributed by atoms with Gasteiger partial charge in [0.05, 0.1) is 12.3 Å². The normalized spacial score (nSPS) is 11.8. The highest BCUT2D eigenvalue weighted by atomic mass is 16.4. The van der Waals surface area contributed by atoms with E-state index in [4.69, 9.17) is 0 Å². The van der Waals surface area contributed by atoms with Gasteiger partial charge < -0.3 is 10.4 Å². The Labute approximate surface area is 141 Å². The van der Waals surface area contributed by atoms with Gasteiger partial charge >= 0.3 is 5.97 Å². The van der Waals surface area contributed by atoms with Crippen molar-refractivity contribution < 1.29 is 14.7 Å². The minimum Gasteiger partial charge on any atom is -0.481 e. The SMILES string of the molecule is Cc1cccc(C[C@@H](CNC(=O)Cc2ccc(C)nc2)C(=O)O)c1. The molecule has 1 aromatic heterocycles. The maximum absolute atomic E-state index is 12.0. The lowest BCUT2D eigenvalue weighted by Gasteiger charge is -2.14. The summed E-state index contributed by atoms with van der Waals surface area (Å²) in [5.74, 6) is -1.75. The van der Waals surface area contributed by atoms with Crippen LogP contribution in [0.2, 0.25) is 0 Å². The number of rotatable bonds is 7. The fraction of sp³-hybridized carbons (Fsp3) is 0.316. The third-order valence-corrected chi connectivity index (χ3v) is 3.80. The first-order valence-corrected chi connectivity index (χ1v) is 7.90. The highest BCUT2D eigenvalue weighted by molar-refractivity contribution is 5.79. The first kappa shape index (κ1) is 17.7. The van der Waals surface area contributed by atoms with E-state index in [0.717, 1.165) is 22.4 Å². The Balaban J connectivity index is 1.90. The third-order valence-electron chi connectivity index (χ3n) is 3.80. The molecule has 1 aromatic carbocycles. The fourth-order valence-electron chi connectivity index (χ4n) is 2.46. The van der Waals surface area contributed by atoms with E-state index in [1.54, 1.807) is 6.20 Å². The van der Waals surface area contributed by atoms with Crippen LogP contribution in [0.25, 0.3) is 0 Å². The molecule has 24 heavy (non-hydrogen) atoms. The van der Waals surface area contributed by atoms with E-state index in [9.17, 15) is 14.7 Å². The monoisotopic (exact) mass is 326 g/mol. The number of carboxylic acid groups (broad SMARTS) is 1. The average molecular weight is 326 g/mol. The second-order valence-corrected chi connectivity index (χ2v) is 6.02. The number of hydrogen-bond donors (Lipinski definition) is 2. The predicted octanol–water partition coefficient (Wildman–Crippen LogP) is 2.30. The van der Waals surface area contributed by atoms with Crippen molar-refractivity contribution in [3.63, 3.8) is 0 Å². The quantitative estimate of drug-likeness (QED) is 0.818. The van der Waals surface area contributed by atoms with Gasteiger partial charge in [-0.15, -0.1) is 0 Å². The van der Waals surface area contributed by atoms with Crippen LogP contribution in [0, 0.1) is 19.8 Å². The van der Waals surface area contributed by atoms with E-state index in [2.05, 4.69) is 10.3 Å². The number of pyridine rings is 1. The van der Waals surface area contributed by atoms with Gasteiger partial charge in [-0.1, -0.05) is 35.9 Å². The van der Waals surface area contributed by atoms with Crippen LogP contribution in [-0.2, 0) is 22.4 Å². The molecule has 0 aliphatic rings. The van der Waals surface area contributed by atoms with Gasteiger partial charge in [0, 0.05) is 18.4 Å². The maximum Gasteiger partial charge on any atom is 0.308 e. The van der Waals surface area contributed by atoms with Crippen LogP contribution in [0.5, 0.6) is 0 Å². The first-order valence-electron chi connectivity index (χ1n) is 7.90. The van der Waals surface area contributed by atoms with Gasteiger partial charge in [-0.25, -0.2) is 0 Å². The van der Waals surface area contributed by atoms with Crippen molar-refractivity contribution in [3.05, 3.63) is 65.0 Å². The van der Waals surface area contributed by atoms with Crippen LogP contribution in [0.1, 0.15) is 22.4 Å². The molecule has 0 radical (unpaired) electrons. The minimum absolute atomic E-state index is 0.112. The minimum atomic E-state index is -0.909. The Kier molecular flexibility index (Phi) is 6.07. The number of carbonyl (C=O) groups excluding carboxylic acids is 1. The molecule has 2 aromatic rings. The van der Waals surface area contributed by atoms with Crippen LogP contribution >= 0.6 is 0 Å². The number of benzene rings is 1. The number of amides is 1. The second kappa shape index (κ2) is 8.24. The summed E-state index contributed by atoms with van der Waals surface area (Å²) in [6.07, 6.45) is 2.25. The zero-order valence-corrected chi connectivity index (χ0v) is 14.0. The summed E-state index contributed by atoms with van der Waals surface area (Å²) in [5, 5.41) is 12.1. The van der Waals surface area contributed by atoms with Gasteiger partial charge in [0.2, 0.25) is 5.91 Å². The molecule has 5 heteroatoms. The molecule has 5 nitrogen and oxygen atoms in total. The van der Waals surface area contributed by atoms with Crippen LogP contribution in [0.3, 0.4) is 0 Å². The summed E-state index contributed by atoms with van der Waals surface area (Å²) in [6, 6.07) is 11.4. The predicted molar refractivity (Wildman–Crippen MR) is 91.7 cm³/mol. The summed E-state index contributed by atoms with van der Waals surface area (Å²) in [7, 11) is 0. The van der Waals surface area contributed by atoms with Crippen molar-refractivity contribution >= 4 is 11.9 Å². The van der Waals surface area contributed by atoms with E-state index < -0.39 is 11.9 Å². The largest absolute Gasteiger partial charge is 0.481 e. The molecule has 0 aliphatic carbocycles. The zero-order chi connectivity index (χ0) is 17.5. The van der Waals surface area contributed by atoms with E-state index >= 15 is 0 Å². The van der Waals surface area contributed by atoms with Crippen molar-refractivity contribution in [2.24, 2.45) is 5.92 Å². The Bertz CT molecular complexity index is 711. The number of carboxylic acids is 1. The van der Waals surface area contributed by atoms with Crippen LogP contribution in [0.4, 0.5) is 0 Å². The van der Waals surface area contributed by atoms with Gasteiger partial charge in [0.15, 0.2) is 0 Å².